The Kier molecular flexibility index (Phi) is 3.28. The molecule has 0 bridgehead atoms. The van der Waals surface area contributed by atoms with Gasteiger partial charge in [-0.3, -0.25) is 0 Å². The summed E-state index contributed by atoms with van der Waals surface area (Å²) in [6.45, 7) is 0.424. The Bertz CT molecular complexity index is 418. The molecule has 0 radical (unpaired) electrons. The van der Waals surface area contributed by atoms with Crippen molar-refractivity contribution in [2.45, 2.75) is 24.8 Å². The van der Waals surface area contributed by atoms with Crippen LogP contribution >= 0.6 is 0 Å². The fourth-order valence-electron chi connectivity index (χ4n) is 1.79. The van der Waals surface area contributed by atoms with Gasteiger partial charge in [-0.15, -0.1) is 0 Å². The molecule has 0 spiro atoms. The lowest BCUT2D eigenvalue weighted by molar-refractivity contribution is 0.225. The van der Waals surface area contributed by atoms with E-state index in [0.29, 0.717) is 6.54 Å². The van der Waals surface area contributed by atoms with Gasteiger partial charge in [0.25, 0.3) is 0 Å². The molecule has 1 aromatic carbocycles. The fourth-order valence-corrected chi connectivity index (χ4v) is 1.79. The topological polar surface area (TPSA) is 67.1 Å². The number of halogens is 1. The second-order valence-corrected chi connectivity index (χ2v) is 4.50. The summed E-state index contributed by atoms with van der Waals surface area (Å²) in [4.78, 5) is 11.5. The molecule has 4 nitrogen and oxygen atoms in total. The smallest absolute Gasteiger partial charge is 0.319 e. The van der Waals surface area contributed by atoms with Crippen LogP contribution in [-0.2, 0) is 0 Å². The Morgan fingerprint density at radius 2 is 2.12 bits per heavy atom. The van der Waals surface area contributed by atoms with Gasteiger partial charge in [0.15, 0.2) is 0 Å². The Labute approximate surface area is 99.4 Å². The highest BCUT2D eigenvalue weighted by Crippen LogP contribution is 2.28. The summed E-state index contributed by atoms with van der Waals surface area (Å²) in [5, 5.41) is 5.11. The lowest BCUT2D eigenvalue weighted by Gasteiger charge is -2.38. The van der Waals surface area contributed by atoms with Crippen LogP contribution in [0.15, 0.2) is 24.3 Å². The molecule has 92 valence electrons. The maximum atomic E-state index is 13.2. The number of carbonyl (C=O) groups excluding carboxylic acids is 1. The molecule has 0 saturated heterocycles. The third kappa shape index (κ3) is 2.94. The number of rotatable bonds is 3. The van der Waals surface area contributed by atoms with E-state index < -0.39 is 11.8 Å². The standard InChI is InChI=1S/C12H16FN3O/c13-9-4-1-2-5-10(9)16-11(17)15-8-12(14)6-3-7-12/h1-2,4-5H,3,6-8,14H2,(H2,15,16,17). The minimum atomic E-state index is -0.450. The number of nitrogens with one attached hydrogen (secondary N) is 2. The zero-order valence-corrected chi connectivity index (χ0v) is 9.50. The number of benzene rings is 1. The molecular formula is C12H16FN3O. The lowest BCUT2D eigenvalue weighted by atomic mass is 9.78. The number of amides is 2. The van der Waals surface area contributed by atoms with E-state index in [9.17, 15) is 9.18 Å². The van der Waals surface area contributed by atoms with Crippen LogP contribution < -0.4 is 16.4 Å². The maximum absolute atomic E-state index is 13.2. The van der Waals surface area contributed by atoms with E-state index in [1.807, 2.05) is 0 Å². The summed E-state index contributed by atoms with van der Waals surface area (Å²) in [6, 6.07) is 5.62. The number of carbonyl (C=O) groups is 1. The summed E-state index contributed by atoms with van der Waals surface area (Å²) >= 11 is 0. The van der Waals surface area contributed by atoms with Crippen molar-refractivity contribution < 1.29 is 9.18 Å². The van der Waals surface area contributed by atoms with Crippen molar-refractivity contribution in [2.75, 3.05) is 11.9 Å². The van der Waals surface area contributed by atoms with E-state index in [4.69, 9.17) is 5.73 Å². The molecule has 0 aliphatic heterocycles. The molecule has 0 atom stereocenters. The molecule has 2 amide bonds. The van der Waals surface area contributed by atoms with Crippen molar-refractivity contribution in [3.05, 3.63) is 30.1 Å². The Hall–Kier alpha value is -1.62. The van der Waals surface area contributed by atoms with E-state index in [-0.39, 0.29) is 11.2 Å². The number of para-hydroxylation sites is 1. The summed E-state index contributed by atoms with van der Waals surface area (Å²) in [6.07, 6.45) is 2.95. The largest absolute Gasteiger partial charge is 0.336 e. The van der Waals surface area contributed by atoms with Crippen molar-refractivity contribution in [1.82, 2.24) is 5.32 Å². The Morgan fingerprint density at radius 3 is 2.71 bits per heavy atom. The van der Waals surface area contributed by atoms with Crippen molar-refractivity contribution in [3.63, 3.8) is 0 Å². The minimum Gasteiger partial charge on any atom is -0.336 e. The molecule has 1 aliphatic rings. The second-order valence-electron chi connectivity index (χ2n) is 4.50. The molecule has 1 saturated carbocycles. The third-order valence-corrected chi connectivity index (χ3v) is 3.07. The van der Waals surface area contributed by atoms with Crippen molar-refractivity contribution >= 4 is 11.7 Å². The monoisotopic (exact) mass is 237 g/mol. The van der Waals surface area contributed by atoms with Gasteiger partial charge in [0.2, 0.25) is 0 Å². The first-order chi connectivity index (χ1) is 8.09. The first-order valence-corrected chi connectivity index (χ1v) is 5.67. The van der Waals surface area contributed by atoms with Gasteiger partial charge in [0, 0.05) is 12.1 Å². The summed E-state index contributed by atoms with van der Waals surface area (Å²) in [5.41, 5.74) is 5.86. The molecule has 0 unspecified atom stereocenters. The quantitative estimate of drug-likeness (QED) is 0.750. The highest BCUT2D eigenvalue weighted by atomic mass is 19.1. The predicted octanol–water partition coefficient (Wildman–Crippen LogP) is 1.83. The molecule has 1 aromatic rings. The molecule has 1 aliphatic carbocycles. The van der Waals surface area contributed by atoms with Gasteiger partial charge in [-0.05, 0) is 31.4 Å². The van der Waals surface area contributed by atoms with E-state index in [0.717, 1.165) is 19.3 Å². The zero-order valence-electron chi connectivity index (χ0n) is 9.50. The van der Waals surface area contributed by atoms with Crippen LogP contribution in [0.1, 0.15) is 19.3 Å². The van der Waals surface area contributed by atoms with Crippen molar-refractivity contribution in [2.24, 2.45) is 5.73 Å². The van der Waals surface area contributed by atoms with E-state index in [1.165, 1.54) is 12.1 Å². The highest BCUT2D eigenvalue weighted by molar-refractivity contribution is 5.89. The average molecular weight is 237 g/mol. The van der Waals surface area contributed by atoms with Crippen LogP contribution in [0.2, 0.25) is 0 Å². The van der Waals surface area contributed by atoms with Gasteiger partial charge in [0.1, 0.15) is 5.82 Å². The van der Waals surface area contributed by atoms with E-state index in [2.05, 4.69) is 10.6 Å². The molecule has 1 fully saturated rings. The van der Waals surface area contributed by atoms with Crippen LogP contribution in [-0.4, -0.2) is 18.1 Å². The summed E-state index contributed by atoms with van der Waals surface area (Å²) in [5.74, 6) is -0.450. The van der Waals surface area contributed by atoms with E-state index >= 15 is 0 Å². The third-order valence-electron chi connectivity index (χ3n) is 3.07. The summed E-state index contributed by atoms with van der Waals surface area (Å²) < 4.78 is 13.2. The van der Waals surface area contributed by atoms with Gasteiger partial charge in [-0.2, -0.15) is 0 Å². The van der Waals surface area contributed by atoms with Crippen LogP contribution in [0, 0.1) is 5.82 Å². The molecule has 5 heteroatoms. The van der Waals surface area contributed by atoms with Crippen LogP contribution in [0.25, 0.3) is 0 Å². The van der Waals surface area contributed by atoms with Crippen molar-refractivity contribution in [3.8, 4) is 0 Å². The normalized spacial score (nSPS) is 17.1. The SMILES string of the molecule is NC1(CNC(=O)Nc2ccccc2F)CCC1. The molecule has 4 N–H and O–H groups in total. The number of anilines is 1. The Balaban J connectivity index is 1.83. The molecule has 2 rings (SSSR count). The Morgan fingerprint density at radius 1 is 1.41 bits per heavy atom. The van der Waals surface area contributed by atoms with Gasteiger partial charge in [-0.1, -0.05) is 12.1 Å². The lowest BCUT2D eigenvalue weighted by Crippen LogP contribution is -2.55. The van der Waals surface area contributed by atoms with Gasteiger partial charge in [-0.25, -0.2) is 9.18 Å². The number of hydrogen-bond acceptors (Lipinski definition) is 2. The second kappa shape index (κ2) is 4.71. The van der Waals surface area contributed by atoms with Gasteiger partial charge >= 0.3 is 6.03 Å². The van der Waals surface area contributed by atoms with Gasteiger partial charge < -0.3 is 16.4 Å². The highest BCUT2D eigenvalue weighted by Gasteiger charge is 2.32. The predicted molar refractivity (Wildman–Crippen MR) is 64.2 cm³/mol. The van der Waals surface area contributed by atoms with Crippen LogP contribution in [0.5, 0.6) is 0 Å². The first kappa shape index (κ1) is 11.9. The van der Waals surface area contributed by atoms with E-state index in [1.54, 1.807) is 12.1 Å². The number of nitrogens with two attached hydrogens (primary N) is 1. The van der Waals surface area contributed by atoms with Crippen LogP contribution in [0.3, 0.4) is 0 Å². The fraction of sp³-hybridized carbons (Fsp3) is 0.417. The van der Waals surface area contributed by atoms with Crippen molar-refractivity contribution in [1.29, 1.82) is 0 Å². The molecule has 0 aromatic heterocycles. The number of urea groups is 1. The molecule has 0 heterocycles. The van der Waals surface area contributed by atoms with Crippen LogP contribution in [0.4, 0.5) is 14.9 Å². The first-order valence-electron chi connectivity index (χ1n) is 5.67. The zero-order chi connectivity index (χ0) is 12.3. The molecular weight excluding hydrogens is 221 g/mol. The number of hydrogen-bond donors (Lipinski definition) is 3. The maximum Gasteiger partial charge on any atom is 0.319 e. The molecule has 17 heavy (non-hydrogen) atoms. The minimum absolute atomic E-state index is 0.171. The summed E-state index contributed by atoms with van der Waals surface area (Å²) in [7, 11) is 0. The van der Waals surface area contributed by atoms with Gasteiger partial charge in [0.05, 0.1) is 5.69 Å². The average Bonchev–Trinajstić information content (AvgIpc) is 2.27.